The van der Waals surface area contributed by atoms with Crippen LogP contribution in [-0.4, -0.2) is 26.7 Å². The van der Waals surface area contributed by atoms with Gasteiger partial charge in [0.05, 0.1) is 16.6 Å². The minimum absolute atomic E-state index is 0.0733. The number of aryl methyl sites for hydroxylation is 1. The molecule has 3 aromatic rings. The first kappa shape index (κ1) is 22.3. The first-order valence-electron chi connectivity index (χ1n) is 8.95. The summed E-state index contributed by atoms with van der Waals surface area (Å²) in [5.74, 6) is -0.348. The standard InChI is InChI=1S/C20H20BrNO7S/c1-11-5-7-14(8-6-11)30(25,26)29-17-12(2)20(24)28-18-15(17)19(23)22(9-10-27-4)13(3)16(18)21/h5-8H,9-10H2,1-4H3. The van der Waals surface area contributed by atoms with Crippen LogP contribution in [0.3, 0.4) is 0 Å². The molecule has 0 saturated heterocycles. The van der Waals surface area contributed by atoms with Gasteiger partial charge in [-0.25, -0.2) is 4.79 Å². The third kappa shape index (κ3) is 3.94. The number of methoxy groups -OCH3 is 1. The molecule has 0 amide bonds. The number of fused-ring (bicyclic) bond motifs is 1. The highest BCUT2D eigenvalue weighted by atomic mass is 79.9. The lowest BCUT2D eigenvalue weighted by atomic mass is 10.2. The zero-order valence-corrected chi connectivity index (χ0v) is 19.2. The molecule has 8 nitrogen and oxygen atoms in total. The largest absolute Gasteiger partial charge is 0.421 e. The predicted octanol–water partition coefficient (Wildman–Crippen LogP) is 3.06. The fourth-order valence-electron chi connectivity index (χ4n) is 2.94. The Morgan fingerprint density at radius 1 is 1.10 bits per heavy atom. The van der Waals surface area contributed by atoms with E-state index in [1.807, 2.05) is 6.92 Å². The summed E-state index contributed by atoms with van der Waals surface area (Å²) in [5.41, 5.74) is -0.171. The van der Waals surface area contributed by atoms with Crippen LogP contribution >= 0.6 is 15.9 Å². The molecule has 10 heteroatoms. The summed E-state index contributed by atoms with van der Waals surface area (Å²) < 4.78 is 43.1. The third-order valence-corrected chi connectivity index (χ3v) is 6.87. The van der Waals surface area contributed by atoms with Crippen molar-refractivity contribution in [3.8, 4) is 5.75 Å². The van der Waals surface area contributed by atoms with E-state index in [0.29, 0.717) is 10.2 Å². The van der Waals surface area contributed by atoms with E-state index in [-0.39, 0.29) is 40.3 Å². The molecule has 160 valence electrons. The van der Waals surface area contributed by atoms with Gasteiger partial charge in [-0.3, -0.25) is 4.79 Å². The lowest BCUT2D eigenvalue weighted by Gasteiger charge is -2.16. The number of hydrogen-bond acceptors (Lipinski definition) is 7. The second kappa shape index (κ2) is 8.37. The number of pyridine rings is 1. The first-order chi connectivity index (χ1) is 14.1. The maximum Gasteiger partial charge on any atom is 0.343 e. The van der Waals surface area contributed by atoms with E-state index in [4.69, 9.17) is 13.3 Å². The number of hydrogen-bond donors (Lipinski definition) is 0. The van der Waals surface area contributed by atoms with Crippen LogP contribution in [0.1, 0.15) is 16.8 Å². The van der Waals surface area contributed by atoms with Crippen molar-refractivity contribution < 1.29 is 21.8 Å². The van der Waals surface area contributed by atoms with Crippen molar-refractivity contribution in [2.45, 2.75) is 32.2 Å². The van der Waals surface area contributed by atoms with E-state index in [2.05, 4.69) is 15.9 Å². The maximum atomic E-state index is 13.2. The Hall–Kier alpha value is -2.43. The number of ether oxygens (including phenoxy) is 1. The summed E-state index contributed by atoms with van der Waals surface area (Å²) in [4.78, 5) is 25.5. The van der Waals surface area contributed by atoms with Crippen LogP contribution in [0, 0.1) is 20.8 Å². The van der Waals surface area contributed by atoms with E-state index in [0.717, 1.165) is 5.56 Å². The van der Waals surface area contributed by atoms with E-state index in [1.165, 1.54) is 30.7 Å². The van der Waals surface area contributed by atoms with Crippen molar-refractivity contribution in [1.82, 2.24) is 4.57 Å². The summed E-state index contributed by atoms with van der Waals surface area (Å²) in [6, 6.07) is 6.03. The molecule has 0 N–H and O–H groups in total. The Kier molecular flexibility index (Phi) is 6.21. The minimum Gasteiger partial charge on any atom is -0.421 e. The third-order valence-electron chi connectivity index (χ3n) is 4.70. The van der Waals surface area contributed by atoms with Gasteiger partial charge >= 0.3 is 15.7 Å². The average Bonchev–Trinajstić information content (AvgIpc) is 2.69. The van der Waals surface area contributed by atoms with Gasteiger partial charge in [0.15, 0.2) is 11.3 Å². The molecular formula is C20H20BrNO7S. The Bertz CT molecular complexity index is 1340. The van der Waals surface area contributed by atoms with Crippen LogP contribution < -0.4 is 15.4 Å². The van der Waals surface area contributed by atoms with Gasteiger partial charge in [0, 0.05) is 19.3 Å². The van der Waals surface area contributed by atoms with Crippen LogP contribution in [0.5, 0.6) is 5.75 Å². The van der Waals surface area contributed by atoms with Crippen LogP contribution in [0.25, 0.3) is 11.0 Å². The molecule has 0 radical (unpaired) electrons. The molecule has 0 spiro atoms. The summed E-state index contributed by atoms with van der Waals surface area (Å²) in [6.45, 7) is 5.31. The normalized spacial score (nSPS) is 11.8. The van der Waals surface area contributed by atoms with Crippen molar-refractivity contribution >= 4 is 37.0 Å². The van der Waals surface area contributed by atoms with Gasteiger partial charge < -0.3 is 17.9 Å². The molecule has 0 aliphatic heterocycles. The molecule has 0 atom stereocenters. The molecular weight excluding hydrogens is 478 g/mol. The summed E-state index contributed by atoms with van der Waals surface area (Å²) in [7, 11) is -2.80. The average molecular weight is 498 g/mol. The van der Waals surface area contributed by atoms with Gasteiger partial charge in [0.25, 0.3) is 5.56 Å². The van der Waals surface area contributed by atoms with Gasteiger partial charge in [0.1, 0.15) is 10.3 Å². The smallest absolute Gasteiger partial charge is 0.343 e. The zero-order valence-electron chi connectivity index (χ0n) is 16.8. The monoisotopic (exact) mass is 497 g/mol. The molecule has 0 unspecified atom stereocenters. The number of benzene rings is 1. The Labute approximate surface area is 181 Å². The van der Waals surface area contributed by atoms with Gasteiger partial charge in [-0.15, -0.1) is 0 Å². The fourth-order valence-corrected chi connectivity index (χ4v) is 4.43. The van der Waals surface area contributed by atoms with Crippen LogP contribution in [0.4, 0.5) is 0 Å². The van der Waals surface area contributed by atoms with Gasteiger partial charge in [0.2, 0.25) is 0 Å². The van der Waals surface area contributed by atoms with E-state index < -0.39 is 21.3 Å². The Morgan fingerprint density at radius 3 is 2.33 bits per heavy atom. The van der Waals surface area contributed by atoms with Crippen molar-refractivity contribution in [3.05, 3.63) is 66.3 Å². The summed E-state index contributed by atoms with van der Waals surface area (Å²) >= 11 is 3.34. The molecule has 0 saturated carbocycles. The van der Waals surface area contributed by atoms with Crippen molar-refractivity contribution in [2.24, 2.45) is 0 Å². The molecule has 1 aromatic carbocycles. The topological polar surface area (TPSA) is 105 Å². The SMILES string of the molecule is COCCn1c(C)c(Br)c2oc(=O)c(C)c(OS(=O)(=O)c3ccc(C)cc3)c2c1=O. The van der Waals surface area contributed by atoms with Gasteiger partial charge in [-0.2, -0.15) is 8.42 Å². The van der Waals surface area contributed by atoms with Crippen molar-refractivity contribution in [2.75, 3.05) is 13.7 Å². The van der Waals surface area contributed by atoms with Crippen LogP contribution in [-0.2, 0) is 21.4 Å². The lowest BCUT2D eigenvalue weighted by molar-refractivity contribution is 0.185. The van der Waals surface area contributed by atoms with Gasteiger partial charge in [-0.05, 0) is 48.8 Å². The van der Waals surface area contributed by atoms with E-state index >= 15 is 0 Å². The predicted molar refractivity (Wildman–Crippen MR) is 115 cm³/mol. The van der Waals surface area contributed by atoms with Crippen LogP contribution in [0.15, 0.2) is 47.6 Å². The Balaban J connectivity index is 2.32. The zero-order chi connectivity index (χ0) is 22.2. The molecule has 0 aliphatic carbocycles. The molecule has 2 aromatic heterocycles. The van der Waals surface area contributed by atoms with E-state index in [1.54, 1.807) is 19.1 Å². The lowest BCUT2D eigenvalue weighted by Crippen LogP contribution is -2.27. The molecule has 0 aliphatic rings. The van der Waals surface area contributed by atoms with Crippen LogP contribution in [0.2, 0.25) is 0 Å². The second-order valence-electron chi connectivity index (χ2n) is 6.75. The number of halogens is 1. The number of rotatable bonds is 6. The molecule has 0 fully saturated rings. The highest BCUT2D eigenvalue weighted by molar-refractivity contribution is 9.10. The van der Waals surface area contributed by atoms with Gasteiger partial charge in [-0.1, -0.05) is 17.7 Å². The Morgan fingerprint density at radius 2 is 1.73 bits per heavy atom. The molecule has 3 rings (SSSR count). The fraction of sp³-hybridized carbons (Fsp3) is 0.300. The summed E-state index contributed by atoms with van der Waals surface area (Å²) in [6.07, 6.45) is 0. The number of nitrogens with zero attached hydrogens (tertiary/aromatic N) is 1. The molecule has 30 heavy (non-hydrogen) atoms. The highest BCUT2D eigenvalue weighted by Gasteiger charge is 2.26. The maximum absolute atomic E-state index is 13.2. The number of aromatic nitrogens is 1. The quantitative estimate of drug-likeness (QED) is 0.481. The first-order valence-corrected chi connectivity index (χ1v) is 11.1. The van der Waals surface area contributed by atoms with Crippen molar-refractivity contribution in [3.63, 3.8) is 0 Å². The second-order valence-corrected chi connectivity index (χ2v) is 9.09. The minimum atomic E-state index is -4.30. The van der Waals surface area contributed by atoms with E-state index in [9.17, 15) is 18.0 Å². The summed E-state index contributed by atoms with van der Waals surface area (Å²) in [5, 5.41) is -0.142. The molecule has 0 bridgehead atoms. The van der Waals surface area contributed by atoms with Crippen molar-refractivity contribution in [1.29, 1.82) is 0 Å². The highest BCUT2D eigenvalue weighted by Crippen LogP contribution is 2.33. The molecule has 2 heterocycles.